The summed E-state index contributed by atoms with van der Waals surface area (Å²) in [6.07, 6.45) is 0. The minimum absolute atomic E-state index is 0.150. The van der Waals surface area contributed by atoms with E-state index in [2.05, 4.69) is 30.7 Å². The molecule has 0 saturated heterocycles. The van der Waals surface area contributed by atoms with Gasteiger partial charge in [-0.2, -0.15) is 8.78 Å². The molecule has 1 aromatic heterocycles. The lowest BCUT2D eigenvalue weighted by atomic mass is 10.2. The average molecular weight is 401 g/mol. The molecule has 154 valence electrons. The Kier molecular flexibility index (Phi) is 6.64. The number of aliphatic imine (C=N–C) groups is 1. The van der Waals surface area contributed by atoms with Crippen LogP contribution in [0.1, 0.15) is 11.4 Å². The highest BCUT2D eigenvalue weighted by atomic mass is 19.3. The Morgan fingerprint density at radius 2 is 1.93 bits per heavy atom. The average Bonchev–Trinajstić information content (AvgIpc) is 3.01. The first-order valence-electron chi connectivity index (χ1n) is 9.35. The lowest BCUT2D eigenvalue weighted by molar-refractivity contribution is -0.0498. The van der Waals surface area contributed by atoms with Crippen molar-refractivity contribution in [3.63, 3.8) is 0 Å². The second kappa shape index (κ2) is 9.36. The van der Waals surface area contributed by atoms with Crippen LogP contribution in [0.3, 0.4) is 0 Å². The second-order valence-corrected chi connectivity index (χ2v) is 6.65. The molecule has 8 heteroatoms. The van der Waals surface area contributed by atoms with Crippen LogP contribution < -0.4 is 10.1 Å². The van der Waals surface area contributed by atoms with E-state index in [-0.39, 0.29) is 5.75 Å². The molecule has 0 aliphatic rings. The fourth-order valence-electron chi connectivity index (χ4n) is 3.27. The van der Waals surface area contributed by atoms with Crippen LogP contribution in [0.15, 0.2) is 53.5 Å². The molecule has 2 aromatic carbocycles. The van der Waals surface area contributed by atoms with Crippen LogP contribution >= 0.6 is 0 Å². The maximum atomic E-state index is 12.3. The summed E-state index contributed by atoms with van der Waals surface area (Å²) in [5, 5.41) is 3.36. The third-order valence-corrected chi connectivity index (χ3v) is 4.61. The quantitative estimate of drug-likeness (QED) is 0.485. The molecule has 0 radical (unpaired) electrons. The van der Waals surface area contributed by atoms with E-state index in [0.717, 1.165) is 34.9 Å². The summed E-state index contributed by atoms with van der Waals surface area (Å²) in [7, 11) is 3.66. The molecule has 0 atom stereocenters. The number of halogens is 2. The van der Waals surface area contributed by atoms with Crippen molar-refractivity contribution in [2.75, 3.05) is 20.6 Å². The number of benzene rings is 2. The number of alkyl halides is 2. The molecule has 3 rings (SSSR count). The maximum absolute atomic E-state index is 12.3. The number of nitrogens with one attached hydrogen (secondary N) is 1. The maximum Gasteiger partial charge on any atom is 0.387 e. The van der Waals surface area contributed by atoms with E-state index in [1.165, 1.54) is 0 Å². The van der Waals surface area contributed by atoms with Crippen molar-refractivity contribution in [2.24, 2.45) is 4.99 Å². The summed E-state index contributed by atoms with van der Waals surface area (Å²) in [5.41, 5.74) is 3.07. The van der Waals surface area contributed by atoms with E-state index in [1.807, 2.05) is 37.1 Å². The van der Waals surface area contributed by atoms with Gasteiger partial charge in [0.2, 0.25) is 0 Å². The Morgan fingerprint density at radius 3 is 2.62 bits per heavy atom. The fraction of sp³-hybridized carbons (Fsp3) is 0.333. The summed E-state index contributed by atoms with van der Waals surface area (Å²) in [6, 6.07) is 14.7. The molecule has 0 aliphatic heterocycles. The number of hydrogen-bond acceptors (Lipinski definition) is 3. The van der Waals surface area contributed by atoms with E-state index < -0.39 is 6.61 Å². The standard InChI is InChI=1S/C21H25F2N5O/c1-15-26-18-6-4-5-7-19(18)28(15)13-12-25-21(24-2)27(3)14-16-8-10-17(11-9-16)29-20(22)23/h4-11,20H,12-14H2,1-3H3,(H,24,25). The highest BCUT2D eigenvalue weighted by Gasteiger charge is 2.10. The Bertz CT molecular complexity index is 969. The van der Waals surface area contributed by atoms with Crippen LogP contribution in [-0.4, -0.2) is 47.7 Å². The lowest BCUT2D eigenvalue weighted by Gasteiger charge is -2.22. The van der Waals surface area contributed by atoms with E-state index in [4.69, 9.17) is 0 Å². The summed E-state index contributed by atoms with van der Waals surface area (Å²) in [6.45, 7) is 1.23. The van der Waals surface area contributed by atoms with Gasteiger partial charge in [-0.15, -0.1) is 0 Å². The second-order valence-electron chi connectivity index (χ2n) is 6.65. The van der Waals surface area contributed by atoms with Gasteiger partial charge in [-0.3, -0.25) is 4.99 Å². The molecule has 29 heavy (non-hydrogen) atoms. The zero-order chi connectivity index (χ0) is 20.8. The van der Waals surface area contributed by atoms with Crippen LogP contribution in [0.4, 0.5) is 8.78 Å². The summed E-state index contributed by atoms with van der Waals surface area (Å²) in [5.74, 6) is 1.87. The highest BCUT2D eigenvalue weighted by Crippen LogP contribution is 2.16. The van der Waals surface area contributed by atoms with Crippen LogP contribution in [-0.2, 0) is 13.1 Å². The third-order valence-electron chi connectivity index (χ3n) is 4.61. The van der Waals surface area contributed by atoms with Crippen molar-refractivity contribution in [1.82, 2.24) is 19.8 Å². The number of aromatic nitrogens is 2. The van der Waals surface area contributed by atoms with E-state index in [1.54, 1.807) is 31.3 Å². The Balaban J connectivity index is 1.56. The number of para-hydroxylation sites is 2. The lowest BCUT2D eigenvalue weighted by Crippen LogP contribution is -2.39. The molecular weight excluding hydrogens is 376 g/mol. The minimum atomic E-state index is -2.82. The molecular formula is C21H25F2N5O. The van der Waals surface area contributed by atoms with Gasteiger partial charge in [0, 0.05) is 33.7 Å². The van der Waals surface area contributed by atoms with E-state index >= 15 is 0 Å². The van der Waals surface area contributed by atoms with Crippen LogP contribution in [0.25, 0.3) is 11.0 Å². The number of ether oxygens (including phenoxy) is 1. The predicted molar refractivity (Wildman–Crippen MR) is 110 cm³/mol. The van der Waals surface area contributed by atoms with E-state index in [0.29, 0.717) is 13.1 Å². The predicted octanol–water partition coefficient (Wildman–Crippen LogP) is 3.65. The third kappa shape index (κ3) is 5.22. The molecule has 0 aliphatic carbocycles. The van der Waals surface area contributed by atoms with Crippen molar-refractivity contribution in [1.29, 1.82) is 0 Å². The van der Waals surface area contributed by atoms with Crippen molar-refractivity contribution >= 4 is 17.0 Å². The number of rotatable bonds is 7. The number of hydrogen-bond donors (Lipinski definition) is 1. The first-order chi connectivity index (χ1) is 14.0. The normalized spacial score (nSPS) is 11.9. The highest BCUT2D eigenvalue weighted by molar-refractivity contribution is 5.79. The van der Waals surface area contributed by atoms with Gasteiger partial charge < -0.3 is 19.5 Å². The van der Waals surface area contributed by atoms with Crippen LogP contribution in [0, 0.1) is 6.92 Å². The van der Waals surface area contributed by atoms with Gasteiger partial charge in [-0.05, 0) is 36.8 Å². The number of imidazole rings is 1. The molecule has 0 unspecified atom stereocenters. The Hall–Kier alpha value is -3.16. The molecule has 0 fully saturated rings. The summed E-state index contributed by atoms with van der Waals surface area (Å²) >= 11 is 0. The molecule has 1 N–H and O–H groups in total. The zero-order valence-electron chi connectivity index (χ0n) is 16.8. The molecule has 0 amide bonds. The summed E-state index contributed by atoms with van der Waals surface area (Å²) in [4.78, 5) is 10.9. The first-order valence-corrected chi connectivity index (χ1v) is 9.35. The van der Waals surface area contributed by atoms with Crippen molar-refractivity contribution in [2.45, 2.75) is 26.6 Å². The monoisotopic (exact) mass is 401 g/mol. The van der Waals surface area contributed by atoms with Gasteiger partial charge in [-0.1, -0.05) is 24.3 Å². The molecule has 6 nitrogen and oxygen atoms in total. The van der Waals surface area contributed by atoms with Crippen molar-refractivity contribution in [3.05, 3.63) is 59.9 Å². The SMILES string of the molecule is CN=C(NCCn1c(C)nc2ccccc21)N(C)Cc1ccc(OC(F)F)cc1. The molecule has 0 spiro atoms. The number of guanidine groups is 1. The molecule has 0 bridgehead atoms. The fourth-order valence-corrected chi connectivity index (χ4v) is 3.27. The van der Waals surface area contributed by atoms with Gasteiger partial charge in [-0.25, -0.2) is 4.98 Å². The van der Waals surface area contributed by atoms with Crippen LogP contribution in [0.5, 0.6) is 5.75 Å². The van der Waals surface area contributed by atoms with Crippen LogP contribution in [0.2, 0.25) is 0 Å². The minimum Gasteiger partial charge on any atom is -0.435 e. The largest absolute Gasteiger partial charge is 0.435 e. The van der Waals surface area contributed by atoms with Crippen molar-refractivity contribution < 1.29 is 13.5 Å². The van der Waals surface area contributed by atoms with Gasteiger partial charge in [0.15, 0.2) is 5.96 Å². The number of aryl methyl sites for hydroxylation is 1. The number of fused-ring (bicyclic) bond motifs is 1. The summed E-state index contributed by atoms with van der Waals surface area (Å²) < 4.78 is 31.1. The van der Waals surface area contributed by atoms with E-state index in [9.17, 15) is 8.78 Å². The van der Waals surface area contributed by atoms with Gasteiger partial charge in [0.05, 0.1) is 11.0 Å². The van der Waals surface area contributed by atoms with Crippen molar-refractivity contribution in [3.8, 4) is 5.75 Å². The first kappa shape index (κ1) is 20.6. The molecule has 1 heterocycles. The topological polar surface area (TPSA) is 54.7 Å². The smallest absolute Gasteiger partial charge is 0.387 e. The molecule has 0 saturated carbocycles. The molecule has 3 aromatic rings. The number of nitrogens with zero attached hydrogens (tertiary/aromatic N) is 4. The van der Waals surface area contributed by atoms with Gasteiger partial charge >= 0.3 is 6.61 Å². The Morgan fingerprint density at radius 1 is 1.21 bits per heavy atom. The van der Waals surface area contributed by atoms with Gasteiger partial charge in [0.25, 0.3) is 0 Å². The van der Waals surface area contributed by atoms with Gasteiger partial charge in [0.1, 0.15) is 11.6 Å². The Labute approximate surface area is 168 Å². The zero-order valence-corrected chi connectivity index (χ0v) is 16.8.